The van der Waals surface area contributed by atoms with Crippen molar-refractivity contribution in [1.82, 2.24) is 15.0 Å². The number of hydrogen-bond donors (Lipinski definition) is 1. The monoisotopic (exact) mass is 333 g/mol. The summed E-state index contributed by atoms with van der Waals surface area (Å²) in [5, 5.41) is 2.66. The van der Waals surface area contributed by atoms with Gasteiger partial charge in [-0.3, -0.25) is 9.78 Å². The molecule has 4 aromatic rings. The number of aromatic amines is 1. The van der Waals surface area contributed by atoms with Crippen LogP contribution in [0.3, 0.4) is 0 Å². The number of nitrogens with zero attached hydrogens (tertiary/aromatic N) is 2. The normalized spacial score (nSPS) is 11.0. The van der Waals surface area contributed by atoms with Gasteiger partial charge in [-0.15, -0.1) is 11.3 Å². The van der Waals surface area contributed by atoms with Crippen LogP contribution < -0.4 is 5.56 Å². The largest absolute Gasteiger partial charge is 0.306 e. The van der Waals surface area contributed by atoms with Crippen LogP contribution in [-0.2, 0) is 6.42 Å². The SMILES string of the molecule is CCc1ccc(-c2csc3nc(-c4ccncc4)[nH]c(=O)c23)cc1. The van der Waals surface area contributed by atoms with Crippen molar-refractivity contribution >= 4 is 21.6 Å². The van der Waals surface area contributed by atoms with Crippen molar-refractivity contribution in [3.63, 3.8) is 0 Å². The molecule has 0 amide bonds. The molecule has 0 saturated heterocycles. The second-order valence-electron chi connectivity index (χ2n) is 5.53. The van der Waals surface area contributed by atoms with Gasteiger partial charge in [-0.1, -0.05) is 31.2 Å². The average Bonchev–Trinajstić information content (AvgIpc) is 3.07. The zero-order valence-corrected chi connectivity index (χ0v) is 13.9. The van der Waals surface area contributed by atoms with Crippen molar-refractivity contribution in [3.8, 4) is 22.5 Å². The Morgan fingerprint density at radius 3 is 2.50 bits per heavy atom. The minimum atomic E-state index is -0.109. The number of thiophene rings is 1. The summed E-state index contributed by atoms with van der Waals surface area (Å²) in [5.74, 6) is 0.574. The zero-order chi connectivity index (χ0) is 16.5. The quantitative estimate of drug-likeness (QED) is 0.609. The highest BCUT2D eigenvalue weighted by Crippen LogP contribution is 2.31. The summed E-state index contributed by atoms with van der Waals surface area (Å²) in [6, 6.07) is 12.0. The Kier molecular flexibility index (Phi) is 3.70. The van der Waals surface area contributed by atoms with E-state index in [1.165, 1.54) is 16.9 Å². The van der Waals surface area contributed by atoms with Gasteiger partial charge in [-0.2, -0.15) is 0 Å². The summed E-state index contributed by atoms with van der Waals surface area (Å²) in [7, 11) is 0. The van der Waals surface area contributed by atoms with E-state index in [1.54, 1.807) is 12.4 Å². The molecule has 0 aliphatic heterocycles. The van der Waals surface area contributed by atoms with E-state index in [9.17, 15) is 4.79 Å². The number of hydrogen-bond acceptors (Lipinski definition) is 4. The van der Waals surface area contributed by atoms with Crippen molar-refractivity contribution in [2.45, 2.75) is 13.3 Å². The van der Waals surface area contributed by atoms with E-state index in [0.29, 0.717) is 11.2 Å². The van der Waals surface area contributed by atoms with Crippen LogP contribution in [-0.4, -0.2) is 15.0 Å². The molecule has 1 N–H and O–H groups in total. The maximum atomic E-state index is 12.6. The molecule has 0 radical (unpaired) electrons. The van der Waals surface area contributed by atoms with Crippen molar-refractivity contribution in [2.24, 2.45) is 0 Å². The van der Waals surface area contributed by atoms with Gasteiger partial charge in [-0.05, 0) is 29.7 Å². The molecular weight excluding hydrogens is 318 g/mol. The first kappa shape index (κ1) is 14.8. The maximum Gasteiger partial charge on any atom is 0.260 e. The van der Waals surface area contributed by atoms with Crippen LogP contribution in [0.4, 0.5) is 0 Å². The highest BCUT2D eigenvalue weighted by atomic mass is 32.1. The van der Waals surface area contributed by atoms with Crippen molar-refractivity contribution < 1.29 is 0 Å². The Labute approximate surface area is 142 Å². The van der Waals surface area contributed by atoms with E-state index in [2.05, 4.69) is 46.1 Å². The van der Waals surface area contributed by atoms with E-state index in [4.69, 9.17) is 0 Å². The molecule has 3 heterocycles. The number of nitrogens with one attached hydrogen (secondary N) is 1. The summed E-state index contributed by atoms with van der Waals surface area (Å²) in [5.41, 5.74) is 4.01. The summed E-state index contributed by atoms with van der Waals surface area (Å²) >= 11 is 1.49. The van der Waals surface area contributed by atoms with E-state index >= 15 is 0 Å². The lowest BCUT2D eigenvalue weighted by molar-refractivity contribution is 1.14. The van der Waals surface area contributed by atoms with Crippen LogP contribution >= 0.6 is 11.3 Å². The van der Waals surface area contributed by atoms with Gasteiger partial charge in [-0.25, -0.2) is 4.98 Å². The minimum Gasteiger partial charge on any atom is -0.306 e. The molecule has 3 aromatic heterocycles. The molecule has 0 bridgehead atoms. The Morgan fingerprint density at radius 1 is 1.04 bits per heavy atom. The van der Waals surface area contributed by atoms with E-state index in [0.717, 1.165) is 27.9 Å². The van der Waals surface area contributed by atoms with Gasteiger partial charge in [0.25, 0.3) is 5.56 Å². The molecule has 0 aliphatic rings. The average molecular weight is 333 g/mol. The number of aromatic nitrogens is 3. The third kappa shape index (κ3) is 2.53. The van der Waals surface area contributed by atoms with Crippen LogP contribution in [0.2, 0.25) is 0 Å². The molecule has 0 fully saturated rings. The lowest BCUT2D eigenvalue weighted by atomic mass is 10.0. The molecule has 4 rings (SSSR count). The van der Waals surface area contributed by atoms with Crippen LogP contribution in [0.5, 0.6) is 0 Å². The smallest absolute Gasteiger partial charge is 0.260 e. The fraction of sp³-hybridized carbons (Fsp3) is 0.105. The highest BCUT2D eigenvalue weighted by molar-refractivity contribution is 7.17. The van der Waals surface area contributed by atoms with Gasteiger partial charge in [0.2, 0.25) is 0 Å². The Bertz CT molecular complexity index is 1050. The van der Waals surface area contributed by atoms with E-state index < -0.39 is 0 Å². The Hall–Kier alpha value is -2.79. The number of fused-ring (bicyclic) bond motifs is 1. The summed E-state index contributed by atoms with van der Waals surface area (Å²) in [6.07, 6.45) is 4.38. The molecule has 0 aliphatic carbocycles. The first-order chi connectivity index (χ1) is 11.8. The fourth-order valence-corrected chi connectivity index (χ4v) is 3.68. The Morgan fingerprint density at radius 2 is 1.79 bits per heavy atom. The minimum absolute atomic E-state index is 0.109. The van der Waals surface area contributed by atoms with Gasteiger partial charge >= 0.3 is 0 Å². The number of benzene rings is 1. The van der Waals surface area contributed by atoms with Gasteiger partial charge < -0.3 is 4.98 Å². The lowest BCUT2D eigenvalue weighted by Crippen LogP contribution is -2.09. The molecule has 24 heavy (non-hydrogen) atoms. The number of H-pyrrole nitrogens is 1. The second kappa shape index (κ2) is 6.02. The van der Waals surface area contributed by atoms with Crippen molar-refractivity contribution in [3.05, 3.63) is 70.1 Å². The summed E-state index contributed by atoms with van der Waals surface area (Å²) in [6.45, 7) is 2.13. The van der Waals surface area contributed by atoms with Crippen LogP contribution in [0.25, 0.3) is 32.7 Å². The summed E-state index contributed by atoms with van der Waals surface area (Å²) < 4.78 is 0. The van der Waals surface area contributed by atoms with Gasteiger partial charge in [0.15, 0.2) is 0 Å². The molecule has 1 aromatic carbocycles. The predicted octanol–water partition coefficient (Wildman–Crippen LogP) is 4.28. The van der Waals surface area contributed by atoms with Crippen molar-refractivity contribution in [1.29, 1.82) is 0 Å². The van der Waals surface area contributed by atoms with Crippen LogP contribution in [0.15, 0.2) is 59.0 Å². The second-order valence-corrected chi connectivity index (χ2v) is 6.39. The van der Waals surface area contributed by atoms with E-state index in [-0.39, 0.29) is 5.56 Å². The predicted molar refractivity (Wildman–Crippen MR) is 98.3 cm³/mol. The molecule has 0 unspecified atom stereocenters. The van der Waals surface area contributed by atoms with Gasteiger partial charge in [0.05, 0.1) is 5.39 Å². The van der Waals surface area contributed by atoms with Crippen LogP contribution in [0.1, 0.15) is 12.5 Å². The van der Waals surface area contributed by atoms with Gasteiger partial charge in [0, 0.05) is 28.9 Å². The number of aryl methyl sites for hydroxylation is 1. The molecule has 4 nitrogen and oxygen atoms in total. The van der Waals surface area contributed by atoms with Gasteiger partial charge in [0.1, 0.15) is 10.7 Å². The molecule has 118 valence electrons. The van der Waals surface area contributed by atoms with Crippen LogP contribution in [0, 0.1) is 0 Å². The third-order valence-corrected chi connectivity index (χ3v) is 4.94. The molecule has 5 heteroatoms. The van der Waals surface area contributed by atoms with E-state index in [1.807, 2.05) is 17.5 Å². The maximum absolute atomic E-state index is 12.6. The summed E-state index contributed by atoms with van der Waals surface area (Å²) in [4.78, 5) is 24.9. The highest BCUT2D eigenvalue weighted by Gasteiger charge is 2.13. The molecule has 0 saturated carbocycles. The standard InChI is InChI=1S/C19H15N3OS/c1-2-12-3-5-13(6-4-12)15-11-24-19-16(15)18(23)21-17(22-19)14-7-9-20-10-8-14/h3-11H,2H2,1H3,(H,21,22,23). The fourth-order valence-electron chi connectivity index (χ4n) is 2.73. The number of rotatable bonds is 3. The zero-order valence-electron chi connectivity index (χ0n) is 13.1. The third-order valence-electron chi connectivity index (χ3n) is 4.07. The first-order valence-electron chi connectivity index (χ1n) is 7.77. The molecule has 0 atom stereocenters. The topological polar surface area (TPSA) is 58.6 Å². The Balaban J connectivity index is 1.86. The number of pyridine rings is 1. The first-order valence-corrected chi connectivity index (χ1v) is 8.65. The molecule has 0 spiro atoms. The van der Waals surface area contributed by atoms with Crippen molar-refractivity contribution in [2.75, 3.05) is 0 Å². The lowest BCUT2D eigenvalue weighted by Gasteiger charge is -2.03. The molecular formula is C19H15N3OS.